The lowest BCUT2D eigenvalue weighted by atomic mass is 9.83. The number of nitrogens with two attached hydrogens (primary N) is 4. The fraction of sp³-hybridized carbons (Fsp3) is 0.216. The molecule has 0 amide bonds. The minimum atomic E-state index is -0.694. The van der Waals surface area contributed by atoms with E-state index < -0.39 is 57.4 Å². The van der Waals surface area contributed by atoms with Crippen molar-refractivity contribution >= 4 is 75.1 Å². The topological polar surface area (TPSA) is 338 Å². The first-order valence-corrected chi connectivity index (χ1v) is 22.4. The van der Waals surface area contributed by atoms with Crippen molar-refractivity contribution in [1.29, 1.82) is 0 Å². The van der Waals surface area contributed by atoms with Gasteiger partial charge in [-0.15, -0.1) is 0 Å². The fourth-order valence-corrected chi connectivity index (χ4v) is 7.31. The Morgan fingerprint density at radius 1 is 0.630 bits per heavy atom. The Hall–Kier alpha value is -9.28. The number of nitro groups is 2. The Bertz CT molecular complexity index is 2650. The van der Waals surface area contributed by atoms with Gasteiger partial charge in [-0.25, -0.2) is 5.48 Å². The van der Waals surface area contributed by atoms with E-state index in [2.05, 4.69) is 72.0 Å². The van der Waals surface area contributed by atoms with Gasteiger partial charge in [0.1, 0.15) is 0 Å². The first-order chi connectivity index (χ1) is 34.9. The van der Waals surface area contributed by atoms with Crippen molar-refractivity contribution in [3.05, 3.63) is 184 Å². The van der Waals surface area contributed by atoms with E-state index in [1.54, 1.807) is 37.4 Å². The molecule has 2 bridgehead atoms. The Kier molecular flexibility index (Phi) is 22.4. The zero-order valence-electron chi connectivity index (χ0n) is 40.2. The van der Waals surface area contributed by atoms with E-state index in [0.717, 1.165) is 60.2 Å². The number of hydrazine groups is 1. The van der Waals surface area contributed by atoms with Gasteiger partial charge in [-0.1, -0.05) is 60.7 Å². The van der Waals surface area contributed by atoms with Crippen LogP contribution in [0.1, 0.15) is 18.4 Å². The quantitative estimate of drug-likeness (QED) is 0.0145. The average molecular weight is 1000 g/mol. The van der Waals surface area contributed by atoms with Crippen LogP contribution in [-0.4, -0.2) is 61.5 Å². The molecule has 73 heavy (non-hydrogen) atoms. The Morgan fingerprint density at radius 3 is 1.55 bits per heavy atom. The molecule has 9 rings (SSSR count). The van der Waals surface area contributed by atoms with E-state index in [4.69, 9.17) is 48.0 Å². The van der Waals surface area contributed by atoms with E-state index in [-0.39, 0.29) is 6.42 Å². The van der Waals surface area contributed by atoms with Crippen LogP contribution in [0.15, 0.2) is 168 Å². The van der Waals surface area contributed by atoms with Gasteiger partial charge in [0.2, 0.25) is 0 Å². The van der Waals surface area contributed by atoms with Crippen molar-refractivity contribution in [3.63, 3.8) is 0 Å². The predicted molar refractivity (Wildman–Crippen MR) is 276 cm³/mol. The number of benzene rings is 6. The van der Waals surface area contributed by atoms with Crippen LogP contribution >= 0.6 is 0 Å². The lowest BCUT2D eigenvalue weighted by molar-refractivity contribution is -0.445. The van der Waals surface area contributed by atoms with E-state index >= 15 is 0 Å². The smallest absolute Gasteiger partial charge is 0.317 e. The summed E-state index contributed by atoms with van der Waals surface area (Å²) >= 11 is 0. The van der Waals surface area contributed by atoms with E-state index in [1.807, 2.05) is 91.0 Å². The second-order valence-electron chi connectivity index (χ2n) is 15.9. The summed E-state index contributed by atoms with van der Waals surface area (Å²) in [5.41, 5.74) is 37.2. The maximum Gasteiger partial charge on any atom is 0.317 e. The number of fused-ring (bicyclic) bond motifs is 5. The molecule has 6 aromatic carbocycles. The summed E-state index contributed by atoms with van der Waals surface area (Å²) < 4.78 is 9.05. The number of rotatable bonds is 10. The third-order valence-electron chi connectivity index (χ3n) is 10.5. The number of azo groups is 1. The monoisotopic (exact) mass is 999 g/mol. The third-order valence-corrected chi connectivity index (χ3v) is 10.5. The van der Waals surface area contributed by atoms with Crippen LogP contribution in [0, 0.1) is 43.9 Å². The average Bonchev–Trinajstić information content (AvgIpc) is 3.71. The van der Waals surface area contributed by atoms with Gasteiger partial charge >= 0.3 is 23.9 Å². The molecule has 2 aliphatic heterocycles. The maximum absolute atomic E-state index is 11.5. The zero-order valence-corrected chi connectivity index (χ0v) is 40.2. The summed E-state index contributed by atoms with van der Waals surface area (Å²) in [6.07, 6.45) is 1.10. The number of nitrogens with one attached hydrogen (secondary N) is 2. The Balaban J connectivity index is 0.000000203. The largest absolute Gasteiger partial charge is 0.399 e. The van der Waals surface area contributed by atoms with Crippen molar-refractivity contribution < 1.29 is 43.3 Å². The molecule has 0 aromatic heterocycles. The van der Waals surface area contributed by atoms with Crippen molar-refractivity contribution in [2.45, 2.75) is 19.3 Å². The van der Waals surface area contributed by atoms with Crippen LogP contribution < -0.4 is 38.8 Å². The zero-order chi connectivity index (χ0) is 53.3. The molecule has 6 aromatic rings. The molecule has 4 atom stereocenters. The maximum atomic E-state index is 11.5. The number of hydrogen-bond acceptors (Lipinski definition) is 20. The number of esters is 4. The molecule has 0 radical (unpaired) electrons. The van der Waals surface area contributed by atoms with Crippen LogP contribution in [0.4, 0.5) is 51.2 Å². The molecule has 4 unspecified atom stereocenters. The minimum absolute atomic E-state index is 0.0138. The summed E-state index contributed by atoms with van der Waals surface area (Å²) in [4.78, 5) is 67.1. The number of carbonyl (C=O) groups excluding carboxylic acids is 4. The molecule has 1 saturated carbocycles. The van der Waals surface area contributed by atoms with Crippen molar-refractivity contribution in [2.24, 2.45) is 33.9 Å². The molecular formula is C51H57N11O11. The van der Waals surface area contributed by atoms with Crippen molar-refractivity contribution in [3.8, 4) is 0 Å². The lowest BCUT2D eigenvalue weighted by Gasteiger charge is -2.26. The molecule has 3 fully saturated rings. The van der Waals surface area contributed by atoms with Gasteiger partial charge in [0, 0.05) is 39.6 Å². The van der Waals surface area contributed by atoms with E-state index in [0.29, 0.717) is 30.1 Å². The number of carbonyl (C=O) groups is 4. The Morgan fingerprint density at radius 2 is 1.08 bits per heavy atom. The van der Waals surface area contributed by atoms with Gasteiger partial charge in [-0.2, -0.15) is 10.2 Å². The number of ether oxygens (including phenoxy) is 2. The summed E-state index contributed by atoms with van der Waals surface area (Å²) in [5.74, 6) is -4.83. The highest BCUT2D eigenvalue weighted by Crippen LogP contribution is 2.50. The number of anilines is 7. The molecule has 1 aliphatic carbocycles. The molecule has 382 valence electrons. The van der Waals surface area contributed by atoms with Crippen LogP contribution in [0.25, 0.3) is 0 Å². The van der Waals surface area contributed by atoms with Gasteiger partial charge in [0.25, 0.3) is 0 Å². The lowest BCUT2D eigenvalue weighted by Crippen LogP contribution is -2.37. The summed E-state index contributed by atoms with van der Waals surface area (Å²) in [6, 6.07) is 50.7. The van der Waals surface area contributed by atoms with Crippen molar-refractivity contribution in [1.82, 2.24) is 5.48 Å². The number of para-hydroxylation sites is 3. The first kappa shape index (κ1) is 56.3. The number of nitrogen functional groups attached to an aromatic ring is 4. The summed E-state index contributed by atoms with van der Waals surface area (Å²) in [5, 5.41) is 27.8. The van der Waals surface area contributed by atoms with E-state index in [9.17, 15) is 19.2 Å². The minimum Gasteiger partial charge on any atom is -0.399 e. The van der Waals surface area contributed by atoms with Gasteiger partial charge in [-0.05, 0) is 121 Å². The summed E-state index contributed by atoms with van der Waals surface area (Å²) in [6.45, 7) is 0.602. The fourth-order valence-electron chi connectivity index (χ4n) is 7.31. The number of cyclic esters (lactones) is 4. The van der Waals surface area contributed by atoms with Gasteiger partial charge in [0.05, 0.1) is 59.2 Å². The number of hydroxylamine groups is 1. The normalized spacial score (nSPS) is 16.7. The SMILES string of the molecule is CNOCCc1ccc(N)cc1N.C[N+](=O)[O-].C[N+](=O)[O-].Nc1ccc(N=Nc2ccc(N)cc2)cc1.O=C1CC2C3CC(C(=O)OC3=O)C2C(=O)O1.c1ccc(NN(c2ccccc2)c2ccccc2)cc1. The molecule has 22 heteroatoms. The third kappa shape index (κ3) is 19.2. The predicted octanol–water partition coefficient (Wildman–Crippen LogP) is 7.86. The summed E-state index contributed by atoms with van der Waals surface area (Å²) in [7, 11) is 3.51. The molecule has 3 aliphatic rings. The van der Waals surface area contributed by atoms with Crippen LogP contribution in [0.3, 0.4) is 0 Å². The van der Waals surface area contributed by atoms with Gasteiger partial charge in [0.15, 0.2) is 14.1 Å². The van der Waals surface area contributed by atoms with Crippen LogP contribution in [0.5, 0.6) is 0 Å². The molecule has 22 nitrogen and oxygen atoms in total. The van der Waals surface area contributed by atoms with E-state index in [1.165, 1.54) is 0 Å². The number of hydrogen-bond donors (Lipinski definition) is 6. The van der Waals surface area contributed by atoms with Crippen LogP contribution in [0.2, 0.25) is 0 Å². The highest BCUT2D eigenvalue weighted by Gasteiger charge is 2.60. The van der Waals surface area contributed by atoms with Crippen molar-refractivity contribution in [2.75, 3.05) is 61.1 Å². The standard InChI is InChI=1S/C18H16N2.C12H12N4.C10H8O6.C9H15N3O.2CH3NO2/c1-4-10-16(11-5-1)19-20(17-12-6-2-7-13-17)18-14-8-3-9-15-18;13-9-1-5-11(6-2-9)15-16-12-7-3-10(14)4-8-12;11-6-2-3-4-1-5(7(3)10(14)15-6)9(13)16-8(4)12;1-12-13-5-4-7-2-3-8(10)6-9(7)11;2*1-2(3)4/h1-15,19H;1-8H,13-14H2;3-5,7H,1-2H2;2-3,6,12H,4-5,10-11H2,1H3;2*1H3. The molecule has 2 heterocycles. The van der Waals surface area contributed by atoms with Gasteiger partial charge < -0.3 is 37.2 Å². The highest BCUT2D eigenvalue weighted by molar-refractivity contribution is 5.99. The molecule has 0 spiro atoms. The molecule has 10 N–H and O–H groups in total. The Labute approximate surface area is 420 Å². The molecular weight excluding hydrogens is 943 g/mol. The molecule has 2 saturated heterocycles. The second kappa shape index (κ2) is 29.0. The van der Waals surface area contributed by atoms with Gasteiger partial charge in [-0.3, -0.25) is 49.8 Å². The highest BCUT2D eigenvalue weighted by atomic mass is 16.6. The first-order valence-electron chi connectivity index (χ1n) is 22.4. The number of nitrogens with zero attached hydrogens (tertiary/aromatic N) is 5. The second-order valence-corrected chi connectivity index (χ2v) is 15.9. The van der Waals surface area contributed by atoms with Crippen LogP contribution in [-0.2, 0) is 39.9 Å².